The average Bonchev–Trinajstić information content (AvgIpc) is 2.15. The van der Waals surface area contributed by atoms with E-state index >= 15 is 0 Å². The molecule has 1 fully saturated rings. The Kier molecular flexibility index (Phi) is 4.06. The monoisotopic (exact) mass is 199 g/mol. The highest BCUT2D eigenvalue weighted by Gasteiger charge is 2.25. The van der Waals surface area contributed by atoms with E-state index in [1.165, 1.54) is 0 Å². The molecule has 1 aliphatic rings. The molecule has 0 aromatic rings. The lowest BCUT2D eigenvalue weighted by atomic mass is 9.82. The quantitative estimate of drug-likeness (QED) is 0.558. The molecule has 0 aromatic heterocycles. The standard InChI is InChI=1S/C9H13NO2S/c11-9(12)8-3-1-7(2-4-8)5-10-6-13/h7-8H,1-5H2,(H,11,12)/t7-,8-. The van der Waals surface area contributed by atoms with Gasteiger partial charge >= 0.3 is 5.97 Å². The van der Waals surface area contributed by atoms with Gasteiger partial charge in [0.05, 0.1) is 17.6 Å². The van der Waals surface area contributed by atoms with Gasteiger partial charge in [-0.15, -0.1) is 0 Å². The number of hydrogen-bond donors (Lipinski definition) is 1. The molecule has 4 heteroatoms. The van der Waals surface area contributed by atoms with Crippen LogP contribution in [-0.2, 0) is 4.79 Å². The van der Waals surface area contributed by atoms with Crippen LogP contribution in [0.2, 0.25) is 0 Å². The number of nitrogens with zero attached hydrogens (tertiary/aromatic N) is 1. The summed E-state index contributed by atoms with van der Waals surface area (Å²) in [5, 5.41) is 11.1. The number of carboxylic acids is 1. The summed E-state index contributed by atoms with van der Waals surface area (Å²) in [5.74, 6) is -0.268. The lowest BCUT2D eigenvalue weighted by Crippen LogP contribution is -2.22. The highest BCUT2D eigenvalue weighted by Crippen LogP contribution is 2.28. The van der Waals surface area contributed by atoms with Crippen LogP contribution in [0.5, 0.6) is 0 Å². The molecule has 1 aliphatic carbocycles. The molecule has 0 saturated heterocycles. The predicted molar refractivity (Wildman–Crippen MR) is 53.0 cm³/mol. The summed E-state index contributed by atoms with van der Waals surface area (Å²) in [7, 11) is 0. The van der Waals surface area contributed by atoms with Crippen molar-refractivity contribution in [3.05, 3.63) is 0 Å². The lowest BCUT2D eigenvalue weighted by Gasteiger charge is -2.24. The molecule has 3 nitrogen and oxygen atoms in total. The Hall–Kier alpha value is -0.730. The zero-order chi connectivity index (χ0) is 9.68. The van der Waals surface area contributed by atoms with E-state index in [4.69, 9.17) is 5.11 Å². The van der Waals surface area contributed by atoms with Crippen molar-refractivity contribution in [2.75, 3.05) is 6.54 Å². The van der Waals surface area contributed by atoms with E-state index < -0.39 is 5.97 Å². The number of carbonyl (C=O) groups is 1. The topological polar surface area (TPSA) is 49.7 Å². The van der Waals surface area contributed by atoms with Crippen LogP contribution in [0, 0.1) is 11.8 Å². The van der Waals surface area contributed by atoms with Gasteiger partial charge in [0, 0.05) is 0 Å². The number of isothiocyanates is 1. The smallest absolute Gasteiger partial charge is 0.306 e. The highest BCUT2D eigenvalue weighted by atomic mass is 32.1. The van der Waals surface area contributed by atoms with E-state index in [-0.39, 0.29) is 5.92 Å². The van der Waals surface area contributed by atoms with Gasteiger partial charge < -0.3 is 5.11 Å². The highest BCUT2D eigenvalue weighted by molar-refractivity contribution is 7.78. The fourth-order valence-electron chi connectivity index (χ4n) is 1.76. The van der Waals surface area contributed by atoms with Gasteiger partial charge in [-0.3, -0.25) is 4.79 Å². The van der Waals surface area contributed by atoms with Crippen molar-refractivity contribution in [3.8, 4) is 0 Å². The van der Waals surface area contributed by atoms with Crippen LogP contribution in [0.4, 0.5) is 0 Å². The average molecular weight is 199 g/mol. The third-order valence-corrected chi connectivity index (χ3v) is 2.74. The van der Waals surface area contributed by atoms with E-state index in [9.17, 15) is 4.79 Å². The molecule has 1 saturated carbocycles. The number of aliphatic imine (C=N–C) groups is 1. The molecule has 0 bridgehead atoms. The number of thiocarbonyl (C=S) groups is 1. The summed E-state index contributed by atoms with van der Waals surface area (Å²) in [6, 6.07) is 0. The molecule has 0 aliphatic heterocycles. The summed E-state index contributed by atoms with van der Waals surface area (Å²) in [6.07, 6.45) is 3.48. The van der Waals surface area contributed by atoms with Crippen LogP contribution < -0.4 is 0 Å². The molecule has 1 N–H and O–H groups in total. The van der Waals surface area contributed by atoms with Crippen LogP contribution in [0.15, 0.2) is 4.99 Å². The molecule has 0 heterocycles. The summed E-state index contributed by atoms with van der Waals surface area (Å²) in [6.45, 7) is 0.718. The lowest BCUT2D eigenvalue weighted by molar-refractivity contribution is -0.143. The maximum atomic E-state index is 10.6. The molecular weight excluding hydrogens is 186 g/mol. The SMILES string of the molecule is O=C(O)[C@H]1CC[C@H](CN=C=S)CC1. The minimum absolute atomic E-state index is 0.132. The van der Waals surface area contributed by atoms with Gasteiger partial charge in [-0.2, -0.15) is 0 Å². The van der Waals surface area contributed by atoms with Gasteiger partial charge in [-0.05, 0) is 43.8 Å². The predicted octanol–water partition coefficient (Wildman–Crippen LogP) is 1.98. The molecular formula is C9H13NO2S. The molecule has 0 atom stereocenters. The van der Waals surface area contributed by atoms with Gasteiger partial charge in [0.1, 0.15) is 0 Å². The summed E-state index contributed by atoms with van der Waals surface area (Å²) >= 11 is 4.47. The first-order valence-corrected chi connectivity index (χ1v) is 4.91. The largest absolute Gasteiger partial charge is 0.481 e. The second-order valence-corrected chi connectivity index (χ2v) is 3.67. The Labute approximate surface area is 82.9 Å². The number of carboxylic acid groups (broad SMARTS) is 1. The van der Waals surface area contributed by atoms with E-state index in [1.807, 2.05) is 0 Å². The zero-order valence-corrected chi connectivity index (χ0v) is 8.22. The van der Waals surface area contributed by atoms with Gasteiger partial charge in [-0.25, -0.2) is 4.99 Å². The third-order valence-electron chi connectivity index (χ3n) is 2.61. The Balaban J connectivity index is 2.30. The van der Waals surface area contributed by atoms with E-state index in [1.54, 1.807) is 0 Å². The van der Waals surface area contributed by atoms with Crippen molar-refractivity contribution in [3.63, 3.8) is 0 Å². The molecule has 0 radical (unpaired) electrons. The fourth-order valence-corrected chi connectivity index (χ4v) is 1.83. The number of aliphatic carboxylic acids is 1. The molecule has 0 spiro atoms. The van der Waals surface area contributed by atoms with Crippen LogP contribution in [0.3, 0.4) is 0 Å². The van der Waals surface area contributed by atoms with Crippen molar-refractivity contribution in [2.45, 2.75) is 25.7 Å². The first-order valence-electron chi connectivity index (χ1n) is 4.50. The molecule has 72 valence electrons. The Morgan fingerprint density at radius 2 is 2.08 bits per heavy atom. The zero-order valence-electron chi connectivity index (χ0n) is 7.40. The van der Waals surface area contributed by atoms with Gasteiger partial charge in [-0.1, -0.05) is 0 Å². The van der Waals surface area contributed by atoms with Crippen LogP contribution in [0.25, 0.3) is 0 Å². The first-order chi connectivity index (χ1) is 6.24. The Morgan fingerprint density at radius 3 is 2.54 bits per heavy atom. The second kappa shape index (κ2) is 5.10. The maximum Gasteiger partial charge on any atom is 0.306 e. The second-order valence-electron chi connectivity index (χ2n) is 3.49. The first kappa shape index (κ1) is 10.4. The summed E-state index contributed by atoms with van der Waals surface area (Å²) < 4.78 is 0. The summed E-state index contributed by atoms with van der Waals surface area (Å²) in [5.41, 5.74) is 0. The molecule has 13 heavy (non-hydrogen) atoms. The van der Waals surface area contributed by atoms with Gasteiger partial charge in [0.25, 0.3) is 0 Å². The minimum Gasteiger partial charge on any atom is -0.481 e. The minimum atomic E-state index is -0.656. The number of hydrogen-bond acceptors (Lipinski definition) is 3. The van der Waals surface area contributed by atoms with Crippen LogP contribution in [-0.4, -0.2) is 22.8 Å². The van der Waals surface area contributed by atoms with Crippen molar-refractivity contribution < 1.29 is 9.90 Å². The molecule has 0 unspecified atom stereocenters. The normalized spacial score (nSPS) is 27.7. The van der Waals surface area contributed by atoms with Crippen molar-refractivity contribution >= 4 is 23.3 Å². The molecule has 0 aromatic carbocycles. The van der Waals surface area contributed by atoms with E-state index in [0.29, 0.717) is 5.92 Å². The molecule has 1 rings (SSSR count). The third kappa shape index (κ3) is 3.25. The fraction of sp³-hybridized carbons (Fsp3) is 0.778. The van der Waals surface area contributed by atoms with E-state index in [0.717, 1.165) is 32.2 Å². The van der Waals surface area contributed by atoms with Crippen LogP contribution in [0.1, 0.15) is 25.7 Å². The van der Waals surface area contributed by atoms with E-state index in [2.05, 4.69) is 22.4 Å². The number of rotatable bonds is 3. The van der Waals surface area contributed by atoms with Crippen LogP contribution >= 0.6 is 12.2 Å². The summed E-state index contributed by atoms with van der Waals surface area (Å²) in [4.78, 5) is 14.5. The van der Waals surface area contributed by atoms with Crippen molar-refractivity contribution in [1.29, 1.82) is 0 Å². The molecule has 0 amide bonds. The Bertz CT molecular complexity index is 228. The van der Waals surface area contributed by atoms with Crippen molar-refractivity contribution in [2.24, 2.45) is 16.8 Å². The van der Waals surface area contributed by atoms with Crippen molar-refractivity contribution in [1.82, 2.24) is 0 Å². The van der Waals surface area contributed by atoms with Gasteiger partial charge in [0.15, 0.2) is 0 Å². The Morgan fingerprint density at radius 1 is 1.46 bits per heavy atom. The van der Waals surface area contributed by atoms with Gasteiger partial charge in [0.2, 0.25) is 0 Å². The maximum absolute atomic E-state index is 10.6.